The van der Waals surface area contributed by atoms with Gasteiger partial charge in [-0.2, -0.15) is 0 Å². The third-order valence-corrected chi connectivity index (χ3v) is 3.52. The predicted molar refractivity (Wildman–Crippen MR) is 97.8 cm³/mol. The second kappa shape index (κ2) is 9.31. The fourth-order valence-electron chi connectivity index (χ4n) is 2.23. The number of anilines is 1. The van der Waals surface area contributed by atoms with Crippen LogP contribution in [0.1, 0.15) is 22.8 Å². The van der Waals surface area contributed by atoms with Crippen molar-refractivity contribution in [2.75, 3.05) is 26.1 Å². The Morgan fingerprint density at radius 3 is 2.12 bits per heavy atom. The number of hydrogen-bond acceptors (Lipinski definition) is 5. The molecule has 0 aliphatic carbocycles. The maximum Gasteiger partial charge on any atom is 0.338 e. The Morgan fingerprint density at radius 2 is 1.58 bits per heavy atom. The highest BCUT2D eigenvalue weighted by atomic mass is 16.5. The second-order valence-corrected chi connectivity index (χ2v) is 5.33. The number of amides is 2. The SMILES string of the molecule is CCOC(=O)c1ccc(NC(=O)NCc2cc(OC)cc(OC)c2)cc1. The molecule has 0 saturated carbocycles. The van der Waals surface area contributed by atoms with Gasteiger partial charge < -0.3 is 24.8 Å². The minimum Gasteiger partial charge on any atom is -0.497 e. The monoisotopic (exact) mass is 358 g/mol. The van der Waals surface area contributed by atoms with E-state index in [1.54, 1.807) is 51.5 Å². The Hall–Kier alpha value is -3.22. The fraction of sp³-hybridized carbons (Fsp3) is 0.263. The fourth-order valence-corrected chi connectivity index (χ4v) is 2.23. The predicted octanol–water partition coefficient (Wildman–Crippen LogP) is 3.20. The maximum atomic E-state index is 12.0. The number of methoxy groups -OCH3 is 2. The lowest BCUT2D eigenvalue weighted by Crippen LogP contribution is -2.28. The van der Waals surface area contributed by atoms with Crippen molar-refractivity contribution in [1.29, 1.82) is 0 Å². The highest BCUT2D eigenvalue weighted by Gasteiger charge is 2.08. The molecular formula is C19H22N2O5. The first-order valence-electron chi connectivity index (χ1n) is 8.09. The zero-order chi connectivity index (χ0) is 18.9. The smallest absolute Gasteiger partial charge is 0.338 e. The quantitative estimate of drug-likeness (QED) is 0.743. The highest BCUT2D eigenvalue weighted by Crippen LogP contribution is 2.22. The van der Waals surface area contributed by atoms with Crippen LogP contribution < -0.4 is 20.1 Å². The molecule has 0 aliphatic heterocycles. The molecule has 138 valence electrons. The van der Waals surface area contributed by atoms with Crippen LogP contribution in [0.15, 0.2) is 42.5 Å². The van der Waals surface area contributed by atoms with E-state index >= 15 is 0 Å². The number of esters is 1. The zero-order valence-corrected chi connectivity index (χ0v) is 15.0. The average Bonchev–Trinajstić information content (AvgIpc) is 2.66. The van der Waals surface area contributed by atoms with E-state index in [1.807, 2.05) is 12.1 Å². The molecule has 0 aliphatic rings. The van der Waals surface area contributed by atoms with Gasteiger partial charge in [-0.1, -0.05) is 0 Å². The molecule has 0 radical (unpaired) electrons. The molecule has 7 nitrogen and oxygen atoms in total. The van der Waals surface area contributed by atoms with E-state index in [0.29, 0.717) is 35.9 Å². The molecule has 0 heterocycles. The van der Waals surface area contributed by atoms with E-state index < -0.39 is 5.97 Å². The van der Waals surface area contributed by atoms with Gasteiger partial charge in [-0.3, -0.25) is 0 Å². The molecule has 0 unspecified atom stereocenters. The first-order valence-corrected chi connectivity index (χ1v) is 8.09. The van der Waals surface area contributed by atoms with Crippen LogP contribution in [0.3, 0.4) is 0 Å². The molecular weight excluding hydrogens is 336 g/mol. The van der Waals surface area contributed by atoms with E-state index in [9.17, 15) is 9.59 Å². The van der Waals surface area contributed by atoms with Gasteiger partial charge in [-0.25, -0.2) is 9.59 Å². The molecule has 0 bridgehead atoms. The van der Waals surface area contributed by atoms with Gasteiger partial charge in [-0.15, -0.1) is 0 Å². The van der Waals surface area contributed by atoms with Crippen molar-refractivity contribution in [3.05, 3.63) is 53.6 Å². The van der Waals surface area contributed by atoms with Crippen LogP contribution in [-0.2, 0) is 11.3 Å². The highest BCUT2D eigenvalue weighted by molar-refractivity contribution is 5.92. The molecule has 0 fully saturated rings. The van der Waals surface area contributed by atoms with E-state index in [2.05, 4.69) is 10.6 Å². The minimum atomic E-state index is -0.393. The number of urea groups is 1. The second-order valence-electron chi connectivity index (χ2n) is 5.33. The molecule has 26 heavy (non-hydrogen) atoms. The molecule has 2 aromatic carbocycles. The van der Waals surface area contributed by atoms with Crippen LogP contribution in [0.4, 0.5) is 10.5 Å². The molecule has 2 aromatic rings. The van der Waals surface area contributed by atoms with Crippen molar-refractivity contribution in [1.82, 2.24) is 5.32 Å². The molecule has 2 amide bonds. The standard InChI is InChI=1S/C19H22N2O5/c1-4-26-18(22)14-5-7-15(8-6-14)21-19(23)20-12-13-9-16(24-2)11-17(10-13)25-3/h5-11H,4,12H2,1-3H3,(H2,20,21,23). The number of carbonyl (C=O) groups is 2. The average molecular weight is 358 g/mol. The van der Waals surface area contributed by atoms with E-state index in [1.165, 1.54) is 0 Å². The van der Waals surface area contributed by atoms with Crippen LogP contribution in [0.2, 0.25) is 0 Å². The number of rotatable bonds is 7. The third-order valence-electron chi connectivity index (χ3n) is 3.52. The molecule has 0 atom stereocenters. The summed E-state index contributed by atoms with van der Waals surface area (Å²) in [5.74, 6) is 0.905. The van der Waals surface area contributed by atoms with Crippen molar-refractivity contribution in [2.45, 2.75) is 13.5 Å². The number of ether oxygens (including phenoxy) is 3. The first-order chi connectivity index (χ1) is 12.5. The summed E-state index contributed by atoms with van der Waals surface area (Å²) < 4.78 is 15.3. The van der Waals surface area contributed by atoms with Crippen molar-refractivity contribution < 1.29 is 23.8 Å². The summed E-state index contributed by atoms with van der Waals surface area (Å²) in [6, 6.07) is 11.5. The van der Waals surface area contributed by atoms with Gasteiger partial charge in [0, 0.05) is 18.3 Å². The minimum absolute atomic E-state index is 0.306. The summed E-state index contributed by atoms with van der Waals surface area (Å²) in [6.07, 6.45) is 0. The summed E-state index contributed by atoms with van der Waals surface area (Å²) in [6.45, 7) is 2.37. The van der Waals surface area contributed by atoms with Gasteiger partial charge in [-0.05, 0) is 48.9 Å². The van der Waals surface area contributed by atoms with Crippen LogP contribution in [0, 0.1) is 0 Å². The van der Waals surface area contributed by atoms with Crippen molar-refractivity contribution >= 4 is 17.7 Å². The molecule has 0 spiro atoms. The number of nitrogens with one attached hydrogen (secondary N) is 2. The largest absolute Gasteiger partial charge is 0.497 e. The zero-order valence-electron chi connectivity index (χ0n) is 15.0. The van der Waals surface area contributed by atoms with Crippen molar-refractivity contribution in [3.63, 3.8) is 0 Å². The van der Waals surface area contributed by atoms with Crippen molar-refractivity contribution in [2.24, 2.45) is 0 Å². The third kappa shape index (κ3) is 5.41. The first kappa shape index (κ1) is 19.1. The van der Waals surface area contributed by atoms with Gasteiger partial charge in [0.15, 0.2) is 0 Å². The summed E-state index contributed by atoms with van der Waals surface area (Å²) >= 11 is 0. The normalized spacial score (nSPS) is 9.96. The van der Waals surface area contributed by atoms with E-state index in [4.69, 9.17) is 14.2 Å². The summed E-state index contributed by atoms with van der Waals surface area (Å²) in [5.41, 5.74) is 1.84. The lowest BCUT2D eigenvalue weighted by atomic mass is 10.2. The Bertz CT molecular complexity index is 737. The lowest BCUT2D eigenvalue weighted by Gasteiger charge is -2.11. The van der Waals surface area contributed by atoms with Crippen molar-refractivity contribution in [3.8, 4) is 11.5 Å². The van der Waals surface area contributed by atoms with Crippen LogP contribution in [-0.4, -0.2) is 32.8 Å². The Labute approximate surface area is 152 Å². The Kier molecular flexibility index (Phi) is 6.84. The maximum absolute atomic E-state index is 12.0. The van der Waals surface area contributed by atoms with Gasteiger partial charge >= 0.3 is 12.0 Å². The summed E-state index contributed by atoms with van der Waals surface area (Å²) in [5, 5.41) is 5.46. The van der Waals surface area contributed by atoms with Gasteiger partial charge in [0.2, 0.25) is 0 Å². The van der Waals surface area contributed by atoms with Crippen LogP contribution in [0.25, 0.3) is 0 Å². The lowest BCUT2D eigenvalue weighted by molar-refractivity contribution is 0.0526. The Balaban J connectivity index is 1.92. The van der Waals surface area contributed by atoms with E-state index in [-0.39, 0.29) is 6.03 Å². The van der Waals surface area contributed by atoms with Gasteiger partial charge in [0.05, 0.1) is 26.4 Å². The van der Waals surface area contributed by atoms with Crippen LogP contribution in [0.5, 0.6) is 11.5 Å². The van der Waals surface area contributed by atoms with Crippen LogP contribution >= 0.6 is 0 Å². The Morgan fingerprint density at radius 1 is 0.962 bits per heavy atom. The van der Waals surface area contributed by atoms with E-state index in [0.717, 1.165) is 5.56 Å². The molecule has 2 N–H and O–H groups in total. The molecule has 2 rings (SSSR count). The summed E-state index contributed by atoms with van der Waals surface area (Å²) in [4.78, 5) is 23.6. The summed E-state index contributed by atoms with van der Waals surface area (Å²) in [7, 11) is 3.14. The molecule has 0 aromatic heterocycles. The number of carbonyl (C=O) groups excluding carboxylic acids is 2. The molecule has 7 heteroatoms. The van der Waals surface area contributed by atoms with Gasteiger partial charge in [0.25, 0.3) is 0 Å². The number of hydrogen-bond donors (Lipinski definition) is 2. The molecule has 0 saturated heterocycles. The number of benzene rings is 2. The van der Waals surface area contributed by atoms with Gasteiger partial charge in [0.1, 0.15) is 11.5 Å². The topological polar surface area (TPSA) is 85.9 Å².